The lowest BCUT2D eigenvalue weighted by Crippen LogP contribution is -2.11. The molecule has 180 valence electrons. The highest BCUT2D eigenvalue weighted by Crippen LogP contribution is 2.39. The van der Waals surface area contributed by atoms with Crippen molar-refractivity contribution in [2.75, 3.05) is 4.90 Å². The average Bonchev–Trinajstić information content (AvgIpc) is 3.51. The van der Waals surface area contributed by atoms with Gasteiger partial charge in [-0.2, -0.15) is 0 Å². The van der Waals surface area contributed by atoms with Crippen molar-refractivity contribution in [1.82, 2.24) is 9.97 Å². The maximum Gasteiger partial charge on any atom is 0.235 e. The third kappa shape index (κ3) is 3.70. The predicted octanol–water partition coefficient (Wildman–Crippen LogP) is 7.78. The van der Waals surface area contributed by atoms with Crippen molar-refractivity contribution in [3.63, 3.8) is 0 Å². The van der Waals surface area contributed by atoms with E-state index in [2.05, 4.69) is 34.2 Å². The van der Waals surface area contributed by atoms with Crippen molar-refractivity contribution in [1.29, 1.82) is 0 Å². The molecule has 6 heteroatoms. The highest BCUT2D eigenvalue weighted by molar-refractivity contribution is 7.17. The maximum atomic E-state index is 13.2. The summed E-state index contributed by atoms with van der Waals surface area (Å²) < 4.78 is 0. The molecule has 2 aromatic heterocycles. The second-order valence-corrected chi connectivity index (χ2v) is 10.1. The zero-order valence-corrected chi connectivity index (χ0v) is 20.9. The lowest BCUT2D eigenvalue weighted by molar-refractivity contribution is 0.0990. The van der Waals surface area contributed by atoms with Gasteiger partial charge in [-0.05, 0) is 70.1 Å². The second-order valence-electron chi connectivity index (χ2n) is 9.05. The lowest BCUT2D eigenvalue weighted by atomic mass is 10.0. The molecule has 0 amide bonds. The Balaban J connectivity index is 1.29. The van der Waals surface area contributed by atoms with Crippen LogP contribution in [0.4, 0.5) is 16.6 Å². The quantitative estimate of drug-likeness (QED) is 0.179. The van der Waals surface area contributed by atoms with Crippen LogP contribution in [0, 0.1) is 0 Å². The summed E-state index contributed by atoms with van der Waals surface area (Å²) >= 11 is 1.47. The number of hydrogen-bond acceptors (Lipinski definition) is 6. The molecule has 6 aromatic rings. The molecular weight excluding hydrogens is 490 g/mol. The van der Waals surface area contributed by atoms with Gasteiger partial charge in [0, 0.05) is 28.4 Å². The van der Waals surface area contributed by atoms with Crippen LogP contribution in [0.25, 0.3) is 27.6 Å². The first-order valence-corrected chi connectivity index (χ1v) is 13.0. The van der Waals surface area contributed by atoms with Gasteiger partial charge in [-0.25, -0.2) is 9.97 Å². The molecule has 7 rings (SSSR count). The minimum Gasteiger partial charge on any atom is -0.288 e. The van der Waals surface area contributed by atoms with E-state index in [1.54, 1.807) is 24.5 Å². The molecule has 2 heterocycles. The monoisotopic (exact) mass is 509 g/mol. The van der Waals surface area contributed by atoms with Crippen LogP contribution in [-0.4, -0.2) is 21.5 Å². The van der Waals surface area contributed by atoms with Crippen molar-refractivity contribution in [3.8, 4) is 0 Å². The Labute approximate surface area is 222 Å². The molecule has 0 radical (unpaired) electrons. The molecule has 0 saturated carbocycles. The minimum atomic E-state index is -0.233. The zero-order chi connectivity index (χ0) is 25.6. The highest BCUT2D eigenvalue weighted by Gasteiger charge is 2.33. The highest BCUT2D eigenvalue weighted by atomic mass is 32.1. The fourth-order valence-electron chi connectivity index (χ4n) is 4.89. The third-order valence-corrected chi connectivity index (χ3v) is 7.74. The number of carbonyl (C=O) groups is 2. The van der Waals surface area contributed by atoms with Gasteiger partial charge in [0.05, 0.1) is 11.3 Å². The molecule has 0 atom stereocenters. The molecular formula is C32H19N3O2S. The van der Waals surface area contributed by atoms with E-state index in [0.717, 1.165) is 37.1 Å². The molecule has 5 nitrogen and oxygen atoms in total. The standard InChI is InChI=1S/C32H19N3O2S/c36-30-26-17-22-8-3-4-9-23(22)18-27(26)31(37)28(30)19-25-12-13-29(38-25)35(32-33-14-5-15-34-32)24-11-10-20-6-1-2-7-21(20)16-24/h1-19H. The van der Waals surface area contributed by atoms with E-state index in [9.17, 15) is 9.59 Å². The number of thiophene rings is 1. The molecule has 0 saturated heterocycles. The van der Waals surface area contributed by atoms with Crippen LogP contribution in [0.5, 0.6) is 0 Å². The smallest absolute Gasteiger partial charge is 0.235 e. The molecule has 38 heavy (non-hydrogen) atoms. The summed E-state index contributed by atoms with van der Waals surface area (Å²) in [6.07, 6.45) is 5.13. The number of ketones is 2. The molecule has 0 unspecified atom stereocenters. The minimum absolute atomic E-state index is 0.192. The Morgan fingerprint density at radius 3 is 1.89 bits per heavy atom. The van der Waals surface area contributed by atoms with Crippen molar-refractivity contribution >= 4 is 67.2 Å². The van der Waals surface area contributed by atoms with Crippen LogP contribution in [-0.2, 0) is 0 Å². The summed E-state index contributed by atoms with van der Waals surface area (Å²) in [5, 5.41) is 5.02. The second kappa shape index (κ2) is 8.87. The average molecular weight is 510 g/mol. The van der Waals surface area contributed by atoms with Gasteiger partial charge in [0.15, 0.2) is 11.6 Å². The zero-order valence-electron chi connectivity index (χ0n) is 20.0. The number of anilines is 3. The number of rotatable bonds is 4. The van der Waals surface area contributed by atoms with Crippen molar-refractivity contribution in [3.05, 3.63) is 131 Å². The number of nitrogens with zero attached hydrogens (tertiary/aromatic N) is 3. The SMILES string of the molecule is O=C1C(=Cc2ccc(N(c3ccc4ccccc4c3)c3ncccn3)s2)C(=O)c2cc3ccccc3cc21. The van der Waals surface area contributed by atoms with Gasteiger partial charge >= 0.3 is 0 Å². The number of allylic oxidation sites excluding steroid dienone is 1. The van der Waals surface area contributed by atoms with Crippen LogP contribution < -0.4 is 4.90 Å². The van der Waals surface area contributed by atoms with Gasteiger partial charge in [0.25, 0.3) is 0 Å². The van der Waals surface area contributed by atoms with Crippen molar-refractivity contribution < 1.29 is 9.59 Å². The Bertz CT molecular complexity index is 1870. The maximum absolute atomic E-state index is 13.2. The van der Waals surface area contributed by atoms with Crippen LogP contribution >= 0.6 is 11.3 Å². The van der Waals surface area contributed by atoms with E-state index in [0.29, 0.717) is 17.1 Å². The topological polar surface area (TPSA) is 63.2 Å². The molecule has 1 aliphatic carbocycles. The summed E-state index contributed by atoms with van der Waals surface area (Å²) in [5.41, 5.74) is 2.04. The van der Waals surface area contributed by atoms with E-state index < -0.39 is 0 Å². The molecule has 0 spiro atoms. The van der Waals surface area contributed by atoms with E-state index in [1.807, 2.05) is 71.6 Å². The summed E-state index contributed by atoms with van der Waals surface area (Å²) in [5.74, 6) is 0.0721. The van der Waals surface area contributed by atoms with Crippen LogP contribution in [0.2, 0.25) is 0 Å². The van der Waals surface area contributed by atoms with E-state index in [1.165, 1.54) is 11.3 Å². The number of Topliss-reactive ketones (excluding diaryl/α,β-unsaturated/α-hetero) is 2. The van der Waals surface area contributed by atoms with Gasteiger partial charge in [0.1, 0.15) is 5.00 Å². The Morgan fingerprint density at radius 1 is 0.632 bits per heavy atom. The Morgan fingerprint density at radius 2 is 1.24 bits per heavy atom. The predicted molar refractivity (Wildman–Crippen MR) is 153 cm³/mol. The fraction of sp³-hybridized carbons (Fsp3) is 0. The van der Waals surface area contributed by atoms with Crippen molar-refractivity contribution in [2.45, 2.75) is 0 Å². The molecule has 0 fully saturated rings. The Hall–Kier alpha value is -4.94. The van der Waals surface area contributed by atoms with Gasteiger partial charge < -0.3 is 0 Å². The molecule has 1 aliphatic rings. The summed E-state index contributed by atoms with van der Waals surface area (Å²) in [4.78, 5) is 38.3. The van der Waals surface area contributed by atoms with E-state index in [4.69, 9.17) is 0 Å². The first-order valence-electron chi connectivity index (χ1n) is 12.2. The van der Waals surface area contributed by atoms with Gasteiger partial charge in [0.2, 0.25) is 5.95 Å². The van der Waals surface area contributed by atoms with Gasteiger partial charge in [-0.1, -0.05) is 54.6 Å². The first-order chi connectivity index (χ1) is 18.7. The van der Waals surface area contributed by atoms with Crippen LogP contribution in [0.15, 0.2) is 115 Å². The molecule has 4 aromatic carbocycles. The van der Waals surface area contributed by atoms with Crippen molar-refractivity contribution in [2.24, 2.45) is 0 Å². The fourth-order valence-corrected chi connectivity index (χ4v) is 5.86. The van der Waals surface area contributed by atoms with Gasteiger partial charge in [-0.15, -0.1) is 11.3 Å². The molecule has 0 N–H and O–H groups in total. The molecule has 0 aliphatic heterocycles. The Kier molecular flexibility index (Phi) is 5.20. The van der Waals surface area contributed by atoms with Crippen LogP contribution in [0.1, 0.15) is 25.6 Å². The number of aromatic nitrogens is 2. The molecule has 0 bridgehead atoms. The number of fused-ring (bicyclic) bond motifs is 3. The summed E-state index contributed by atoms with van der Waals surface area (Å²) in [6.45, 7) is 0. The lowest BCUT2D eigenvalue weighted by Gasteiger charge is -2.21. The van der Waals surface area contributed by atoms with Gasteiger partial charge in [-0.3, -0.25) is 14.5 Å². The largest absolute Gasteiger partial charge is 0.288 e. The van der Waals surface area contributed by atoms with E-state index >= 15 is 0 Å². The van der Waals surface area contributed by atoms with Crippen LogP contribution in [0.3, 0.4) is 0 Å². The number of hydrogen-bond donors (Lipinski definition) is 0. The van der Waals surface area contributed by atoms with E-state index in [-0.39, 0.29) is 17.1 Å². The number of carbonyl (C=O) groups excluding carboxylic acids is 2. The first kappa shape index (κ1) is 22.3. The summed E-state index contributed by atoms with van der Waals surface area (Å²) in [7, 11) is 0. The third-order valence-electron chi connectivity index (χ3n) is 6.73. The number of benzene rings is 4. The summed E-state index contributed by atoms with van der Waals surface area (Å²) in [6, 6.07) is 31.5. The normalized spacial score (nSPS) is 12.8.